The van der Waals surface area contributed by atoms with E-state index in [9.17, 15) is 9.59 Å². The van der Waals surface area contributed by atoms with Crippen LogP contribution in [0.4, 0.5) is 9.59 Å². The van der Waals surface area contributed by atoms with Gasteiger partial charge in [-0.05, 0) is 61.2 Å². The Kier molecular flexibility index (Phi) is 16.3. The summed E-state index contributed by atoms with van der Waals surface area (Å²) in [5.74, 6) is 0. The zero-order valence-electron chi connectivity index (χ0n) is 36.1. The van der Waals surface area contributed by atoms with E-state index in [4.69, 9.17) is 30.0 Å². The van der Waals surface area contributed by atoms with Gasteiger partial charge in [-0.2, -0.15) is 0 Å². The number of aliphatic hydroxyl groups is 1. The van der Waals surface area contributed by atoms with E-state index in [1.165, 1.54) is 14.7 Å². The number of piperazine rings is 3. The van der Waals surface area contributed by atoms with Gasteiger partial charge in [0.05, 0.1) is 12.0 Å². The second kappa shape index (κ2) is 22.6. The Balaban J connectivity index is 0. The summed E-state index contributed by atoms with van der Waals surface area (Å²) in [7, 11) is -2.25. The lowest BCUT2D eigenvalue weighted by Gasteiger charge is -2.35. The summed E-state index contributed by atoms with van der Waals surface area (Å²) in [5.41, 5.74) is -0.965. The topological polar surface area (TPSA) is 119 Å². The van der Waals surface area contributed by atoms with Crippen LogP contribution in [0.1, 0.15) is 52.5 Å². The van der Waals surface area contributed by atoms with Crippen molar-refractivity contribution in [2.24, 2.45) is 0 Å². The van der Waals surface area contributed by atoms with E-state index < -0.39 is 46.1 Å². The molecule has 3 fully saturated rings. The maximum Gasteiger partial charge on any atom is 0.410 e. The molecule has 264 valence electrons. The molecule has 0 radical (unpaired) electrons. The fourth-order valence-corrected chi connectivity index (χ4v) is 3.94. The first kappa shape index (κ1) is 31.7. The molecular weight excluding hydrogens is 627 g/mol. The molecular formula is C29H64Cl2N6O6Si. The number of β-amino-alcohol motifs (C(OH)–C–C–N with tert-alkyl or cyclic N) is 1. The Morgan fingerprint density at radius 1 is 0.705 bits per heavy atom. The van der Waals surface area contributed by atoms with E-state index >= 15 is 0 Å². The fraction of sp³-hybridized carbons (Fsp3) is 0.931. The molecule has 15 heteroatoms. The third kappa shape index (κ3) is 23.4. The number of hydrogen-bond donors (Lipinski definition) is 3. The van der Waals surface area contributed by atoms with Gasteiger partial charge in [-0.3, -0.25) is 9.80 Å². The van der Waals surface area contributed by atoms with E-state index in [-0.39, 0.29) is 62.7 Å². The van der Waals surface area contributed by atoms with Crippen LogP contribution < -0.4 is 10.6 Å². The van der Waals surface area contributed by atoms with Gasteiger partial charge in [0.2, 0.25) is 0 Å². The Bertz CT molecular complexity index is 1080. The standard InChI is InChI=1S/C14H30N2O3Si.C9H18N2O2.C6H14N2O.2ClH/c1-14(2,3)19-13(17)16-9-7-15(8-10-16)11-12-18-20(4,5)6;1-9(2,3)13-8(12)11-6-4-10-5-7-11;9-6-5-8-3-1-7-2-4-8;;/h7-12H2,1-6H3;10H,4-7H2,1-3H3;7,9H,1-6H2;2*1H/i11D2,12D2;;5D2,6D2;;. The Morgan fingerprint density at radius 3 is 1.48 bits per heavy atom. The first-order valence-electron chi connectivity index (χ1n) is 18.7. The minimum absolute atomic E-state index is 0. The molecule has 12 nitrogen and oxygen atoms in total. The summed E-state index contributed by atoms with van der Waals surface area (Å²) < 4.78 is 77.2. The molecule has 2 amide bonds. The second-order valence-corrected chi connectivity index (χ2v) is 17.5. The van der Waals surface area contributed by atoms with Crippen molar-refractivity contribution in [3.63, 3.8) is 0 Å². The average molecular weight is 700 g/mol. The quantitative estimate of drug-likeness (QED) is 0.358. The van der Waals surface area contributed by atoms with Crippen LogP contribution >= 0.6 is 24.8 Å². The molecule has 0 unspecified atom stereocenters. The molecule has 3 aliphatic heterocycles. The second-order valence-electron chi connectivity index (χ2n) is 13.1. The summed E-state index contributed by atoms with van der Waals surface area (Å²) in [4.78, 5) is 29.5. The number of rotatable bonds is 6. The summed E-state index contributed by atoms with van der Waals surface area (Å²) in [5, 5.41) is 15.2. The van der Waals surface area contributed by atoms with Crippen molar-refractivity contribution < 1.29 is 39.6 Å². The minimum atomic E-state index is -2.82. The molecule has 44 heavy (non-hydrogen) atoms. The van der Waals surface area contributed by atoms with Gasteiger partial charge < -0.3 is 39.4 Å². The monoisotopic (exact) mass is 698 g/mol. The van der Waals surface area contributed by atoms with Crippen LogP contribution in [0.5, 0.6) is 0 Å². The van der Waals surface area contributed by atoms with Crippen molar-refractivity contribution in [1.29, 1.82) is 0 Å². The van der Waals surface area contributed by atoms with Gasteiger partial charge in [0.15, 0.2) is 8.32 Å². The van der Waals surface area contributed by atoms with Crippen molar-refractivity contribution in [1.82, 2.24) is 30.2 Å². The van der Waals surface area contributed by atoms with Gasteiger partial charge in [-0.25, -0.2) is 9.59 Å². The maximum atomic E-state index is 12.1. The predicted octanol–water partition coefficient (Wildman–Crippen LogP) is 2.94. The lowest BCUT2D eigenvalue weighted by atomic mass is 10.2. The molecule has 3 rings (SSSR count). The molecule has 0 atom stereocenters. The summed E-state index contributed by atoms with van der Waals surface area (Å²) in [6, 6.07) is 0. The van der Waals surface area contributed by atoms with Crippen molar-refractivity contribution in [3.05, 3.63) is 0 Å². The van der Waals surface area contributed by atoms with Crippen molar-refractivity contribution in [2.75, 3.05) is 105 Å². The lowest BCUT2D eigenvalue weighted by Crippen LogP contribution is -2.50. The van der Waals surface area contributed by atoms with Crippen molar-refractivity contribution in [2.45, 2.75) is 72.4 Å². The van der Waals surface area contributed by atoms with Crippen molar-refractivity contribution >= 4 is 45.3 Å². The van der Waals surface area contributed by atoms with Crippen LogP contribution in [0.3, 0.4) is 0 Å². The Hall–Kier alpha value is -0.903. The van der Waals surface area contributed by atoms with E-state index in [0.29, 0.717) is 26.2 Å². The maximum absolute atomic E-state index is 12.1. The van der Waals surface area contributed by atoms with Gasteiger partial charge in [0.1, 0.15) is 11.2 Å². The number of nitrogens with zero attached hydrogens (tertiary/aromatic N) is 4. The van der Waals surface area contributed by atoms with Crippen LogP contribution in [0.25, 0.3) is 0 Å². The molecule has 0 aromatic rings. The number of carbonyl (C=O) groups excluding carboxylic acids is 2. The number of amides is 2. The zero-order chi connectivity index (χ0) is 39.0. The van der Waals surface area contributed by atoms with Gasteiger partial charge in [-0.1, -0.05) is 0 Å². The highest BCUT2D eigenvalue weighted by Gasteiger charge is 2.26. The lowest BCUT2D eigenvalue weighted by molar-refractivity contribution is 0.0135. The smallest absolute Gasteiger partial charge is 0.410 e. The highest BCUT2D eigenvalue weighted by molar-refractivity contribution is 6.69. The molecule has 0 bridgehead atoms. The number of hydrogen-bond acceptors (Lipinski definition) is 10. The zero-order valence-corrected chi connectivity index (χ0v) is 30.7. The first-order chi connectivity index (χ1) is 22.4. The molecule has 0 saturated carbocycles. The number of carbonyl (C=O) groups is 2. The summed E-state index contributed by atoms with van der Waals surface area (Å²) in [6.07, 6.45) is -0.627. The molecule has 3 aliphatic rings. The van der Waals surface area contributed by atoms with Crippen LogP contribution in [0.2, 0.25) is 19.6 Å². The number of nitrogens with one attached hydrogen (secondary N) is 2. The molecule has 3 saturated heterocycles. The van der Waals surface area contributed by atoms with Crippen LogP contribution in [0.15, 0.2) is 0 Å². The third-order valence-electron chi connectivity index (χ3n) is 5.59. The number of halogens is 2. The van der Waals surface area contributed by atoms with Gasteiger partial charge >= 0.3 is 12.2 Å². The van der Waals surface area contributed by atoms with Crippen LogP contribution in [0, 0.1) is 0 Å². The number of ether oxygens (including phenoxy) is 2. The fourth-order valence-electron chi connectivity index (χ4n) is 3.59. The largest absolute Gasteiger partial charge is 0.444 e. The molecule has 0 aliphatic carbocycles. The van der Waals surface area contributed by atoms with Gasteiger partial charge in [0.25, 0.3) is 0 Å². The van der Waals surface area contributed by atoms with Crippen molar-refractivity contribution in [3.8, 4) is 0 Å². The van der Waals surface area contributed by atoms with Crippen LogP contribution in [-0.4, -0.2) is 161 Å². The Morgan fingerprint density at radius 2 is 1.09 bits per heavy atom. The van der Waals surface area contributed by atoms with E-state index in [1.54, 1.807) is 25.7 Å². The van der Waals surface area contributed by atoms with E-state index in [0.717, 1.165) is 26.2 Å². The Labute approximate surface area is 292 Å². The first-order valence-corrected chi connectivity index (χ1v) is 18.1. The van der Waals surface area contributed by atoms with Gasteiger partial charge in [0, 0.05) is 104 Å². The highest BCUT2D eigenvalue weighted by atomic mass is 35.5. The third-order valence-corrected chi connectivity index (χ3v) is 6.30. The summed E-state index contributed by atoms with van der Waals surface area (Å²) >= 11 is 0. The highest BCUT2D eigenvalue weighted by Crippen LogP contribution is 2.12. The normalized spacial score (nSPS) is 22.3. The van der Waals surface area contributed by atoms with Crippen LogP contribution in [-0.2, 0) is 13.9 Å². The molecule has 0 aromatic heterocycles. The summed E-state index contributed by atoms with van der Waals surface area (Å²) in [6.45, 7) is 13.0. The predicted molar refractivity (Wildman–Crippen MR) is 185 cm³/mol. The van der Waals surface area contributed by atoms with E-state index in [1.807, 2.05) is 40.4 Å². The average Bonchev–Trinajstić information content (AvgIpc) is 2.95. The molecule has 0 spiro atoms. The van der Waals surface area contributed by atoms with E-state index in [2.05, 4.69) is 10.6 Å². The minimum Gasteiger partial charge on any atom is -0.444 e. The molecule has 3 N–H and O–H groups in total. The molecule has 0 aromatic carbocycles. The molecule has 3 heterocycles. The van der Waals surface area contributed by atoms with Gasteiger partial charge in [-0.15, -0.1) is 24.8 Å². The SMILES string of the molecule is CC(C)(C)OC(=O)N1CCNCC1.Cl.Cl.[2H]C([2H])(O)C([2H])([2H])N1CCNCC1.[2H]C([2H])(O[Si](C)(C)C)C([2H])([2H])N1CCN(C(=O)OC(C)(C)C)CC1.